The number of hydrogen-bond acceptors (Lipinski definition) is 2. The minimum Gasteiger partial charge on any atom is -0.481 e. The monoisotopic (exact) mass is 289 g/mol. The second-order valence-electron chi connectivity index (χ2n) is 6.38. The lowest BCUT2D eigenvalue weighted by atomic mass is 9.72. The fraction of sp³-hybridized carbons (Fsp3) is 0.529. The Hall–Kier alpha value is -1.84. The van der Waals surface area contributed by atoms with E-state index in [-0.39, 0.29) is 5.91 Å². The van der Waals surface area contributed by atoms with Crippen molar-refractivity contribution in [2.24, 2.45) is 5.92 Å². The zero-order chi connectivity index (χ0) is 15.8. The molecule has 114 valence electrons. The van der Waals surface area contributed by atoms with E-state index in [1.165, 1.54) is 0 Å². The van der Waals surface area contributed by atoms with Crippen molar-refractivity contribution >= 4 is 11.9 Å². The lowest BCUT2D eigenvalue weighted by Crippen LogP contribution is -2.59. The van der Waals surface area contributed by atoms with Crippen molar-refractivity contribution in [1.29, 1.82) is 0 Å². The van der Waals surface area contributed by atoms with Crippen LogP contribution in [0.1, 0.15) is 56.0 Å². The standard InChI is InChI=1S/C17H23NO3/c1-5-17(4)14(16(20)21)12-8-6-7-9-13(12)15(19)18(17)10-11(2)3/h6-9,11,14H,5,10H2,1-4H3,(H,20,21). The first kappa shape index (κ1) is 15.5. The summed E-state index contributed by atoms with van der Waals surface area (Å²) < 4.78 is 0. The summed E-state index contributed by atoms with van der Waals surface area (Å²) in [6, 6.07) is 7.09. The molecule has 0 spiro atoms. The van der Waals surface area contributed by atoms with E-state index in [2.05, 4.69) is 0 Å². The molecule has 0 aliphatic carbocycles. The molecule has 0 saturated carbocycles. The molecule has 1 amide bonds. The van der Waals surface area contributed by atoms with Gasteiger partial charge in [0.25, 0.3) is 5.91 Å². The van der Waals surface area contributed by atoms with E-state index in [0.717, 1.165) is 0 Å². The van der Waals surface area contributed by atoms with Crippen molar-refractivity contribution in [3.8, 4) is 0 Å². The predicted octanol–water partition coefficient (Wildman–Crippen LogP) is 3.14. The van der Waals surface area contributed by atoms with Gasteiger partial charge < -0.3 is 10.0 Å². The summed E-state index contributed by atoms with van der Waals surface area (Å²) >= 11 is 0. The maximum absolute atomic E-state index is 12.8. The molecule has 0 bridgehead atoms. The van der Waals surface area contributed by atoms with Crippen LogP contribution in [0.3, 0.4) is 0 Å². The van der Waals surface area contributed by atoms with E-state index in [1.807, 2.05) is 27.7 Å². The van der Waals surface area contributed by atoms with Crippen molar-refractivity contribution in [3.63, 3.8) is 0 Å². The molecule has 4 heteroatoms. The largest absolute Gasteiger partial charge is 0.481 e. The average Bonchev–Trinajstić information content (AvgIpc) is 2.43. The van der Waals surface area contributed by atoms with Gasteiger partial charge in [-0.1, -0.05) is 39.0 Å². The Morgan fingerprint density at radius 2 is 2.00 bits per heavy atom. The van der Waals surface area contributed by atoms with Crippen molar-refractivity contribution in [2.75, 3.05) is 6.54 Å². The summed E-state index contributed by atoms with van der Waals surface area (Å²) in [6.45, 7) is 8.49. The lowest BCUT2D eigenvalue weighted by Gasteiger charge is -2.49. The molecular formula is C17H23NO3. The summed E-state index contributed by atoms with van der Waals surface area (Å²) in [4.78, 5) is 26.5. The third kappa shape index (κ3) is 2.43. The molecule has 2 unspecified atom stereocenters. The van der Waals surface area contributed by atoms with Gasteiger partial charge in [0.15, 0.2) is 0 Å². The number of hydrogen-bond donors (Lipinski definition) is 1. The lowest BCUT2D eigenvalue weighted by molar-refractivity contribution is -0.142. The van der Waals surface area contributed by atoms with Gasteiger partial charge in [0.2, 0.25) is 0 Å². The van der Waals surface area contributed by atoms with E-state index in [1.54, 1.807) is 29.2 Å². The minimum atomic E-state index is -0.868. The summed E-state index contributed by atoms with van der Waals surface area (Å²) in [5.41, 5.74) is 0.470. The van der Waals surface area contributed by atoms with Gasteiger partial charge in [0, 0.05) is 12.1 Å². The number of nitrogens with zero attached hydrogens (tertiary/aromatic N) is 1. The number of carboxylic acids is 1. The van der Waals surface area contributed by atoms with Crippen LogP contribution < -0.4 is 0 Å². The highest BCUT2D eigenvalue weighted by Gasteiger charge is 2.50. The third-order valence-corrected chi connectivity index (χ3v) is 4.50. The van der Waals surface area contributed by atoms with Crippen LogP contribution in [0.15, 0.2) is 24.3 Å². The summed E-state index contributed by atoms with van der Waals surface area (Å²) in [5.74, 6) is -1.32. The number of benzene rings is 1. The third-order valence-electron chi connectivity index (χ3n) is 4.50. The highest BCUT2D eigenvalue weighted by Crippen LogP contribution is 2.43. The van der Waals surface area contributed by atoms with Gasteiger partial charge in [-0.2, -0.15) is 0 Å². The van der Waals surface area contributed by atoms with Crippen LogP contribution in [0.25, 0.3) is 0 Å². The number of amides is 1. The first-order valence-electron chi connectivity index (χ1n) is 7.46. The molecule has 1 aromatic carbocycles. The quantitative estimate of drug-likeness (QED) is 0.926. The normalized spacial score (nSPS) is 25.1. The van der Waals surface area contributed by atoms with Crippen LogP contribution in [0.5, 0.6) is 0 Å². The fourth-order valence-corrected chi connectivity index (χ4v) is 3.26. The second-order valence-corrected chi connectivity index (χ2v) is 6.38. The smallest absolute Gasteiger partial charge is 0.313 e. The molecule has 2 rings (SSSR count). The molecule has 0 saturated heterocycles. The van der Waals surface area contributed by atoms with E-state index < -0.39 is 17.4 Å². The van der Waals surface area contributed by atoms with Crippen LogP contribution in [0.4, 0.5) is 0 Å². The number of rotatable bonds is 4. The average molecular weight is 289 g/mol. The van der Waals surface area contributed by atoms with Crippen LogP contribution >= 0.6 is 0 Å². The Balaban J connectivity index is 2.65. The summed E-state index contributed by atoms with van der Waals surface area (Å²) in [5, 5.41) is 9.75. The zero-order valence-electron chi connectivity index (χ0n) is 13.1. The van der Waals surface area contributed by atoms with E-state index >= 15 is 0 Å². The zero-order valence-corrected chi connectivity index (χ0v) is 13.1. The Morgan fingerprint density at radius 3 is 2.52 bits per heavy atom. The first-order chi connectivity index (χ1) is 9.82. The SMILES string of the molecule is CCC1(C)C(C(=O)O)c2ccccc2C(=O)N1CC(C)C. The topological polar surface area (TPSA) is 57.6 Å². The highest BCUT2D eigenvalue weighted by atomic mass is 16.4. The number of carbonyl (C=O) groups is 2. The molecule has 21 heavy (non-hydrogen) atoms. The van der Waals surface area contributed by atoms with E-state index in [0.29, 0.717) is 30.0 Å². The van der Waals surface area contributed by atoms with Crippen LogP contribution in [-0.2, 0) is 4.79 Å². The van der Waals surface area contributed by atoms with Crippen molar-refractivity contribution in [1.82, 2.24) is 4.90 Å². The fourth-order valence-electron chi connectivity index (χ4n) is 3.26. The Labute approximate surface area is 125 Å². The van der Waals surface area contributed by atoms with Crippen molar-refractivity contribution in [2.45, 2.75) is 45.6 Å². The van der Waals surface area contributed by atoms with Gasteiger partial charge in [0.05, 0.1) is 5.54 Å². The molecule has 0 radical (unpaired) electrons. The minimum absolute atomic E-state index is 0.0545. The van der Waals surface area contributed by atoms with Gasteiger partial charge in [-0.25, -0.2) is 0 Å². The summed E-state index contributed by atoms with van der Waals surface area (Å²) in [7, 11) is 0. The number of fused-ring (bicyclic) bond motifs is 1. The molecule has 0 aromatic heterocycles. The summed E-state index contributed by atoms with van der Waals surface area (Å²) in [6.07, 6.45) is 0.608. The van der Waals surface area contributed by atoms with Crippen molar-refractivity contribution in [3.05, 3.63) is 35.4 Å². The molecule has 1 aromatic rings. The number of carbonyl (C=O) groups excluding carboxylic acids is 1. The first-order valence-corrected chi connectivity index (χ1v) is 7.46. The predicted molar refractivity (Wildman–Crippen MR) is 81.4 cm³/mol. The van der Waals surface area contributed by atoms with Crippen LogP contribution in [0, 0.1) is 5.92 Å². The van der Waals surface area contributed by atoms with Gasteiger partial charge in [-0.3, -0.25) is 9.59 Å². The van der Waals surface area contributed by atoms with Gasteiger partial charge >= 0.3 is 5.97 Å². The van der Waals surface area contributed by atoms with Gasteiger partial charge in [-0.15, -0.1) is 0 Å². The Bertz CT molecular complexity index is 567. The van der Waals surface area contributed by atoms with Crippen LogP contribution in [-0.4, -0.2) is 34.0 Å². The molecule has 1 aliphatic rings. The maximum Gasteiger partial charge on any atom is 0.313 e. The number of aliphatic carboxylic acids is 1. The molecular weight excluding hydrogens is 266 g/mol. The molecule has 1 aliphatic heterocycles. The van der Waals surface area contributed by atoms with E-state index in [9.17, 15) is 14.7 Å². The van der Waals surface area contributed by atoms with Crippen LogP contribution in [0.2, 0.25) is 0 Å². The van der Waals surface area contributed by atoms with Gasteiger partial charge in [0.1, 0.15) is 5.92 Å². The maximum atomic E-state index is 12.8. The van der Waals surface area contributed by atoms with Gasteiger partial charge in [-0.05, 0) is 30.9 Å². The Kier molecular flexibility index (Phi) is 4.08. The molecule has 1 heterocycles. The number of carboxylic acid groups (broad SMARTS) is 1. The Morgan fingerprint density at radius 1 is 1.38 bits per heavy atom. The molecule has 2 atom stereocenters. The molecule has 4 nitrogen and oxygen atoms in total. The highest BCUT2D eigenvalue weighted by molar-refractivity contribution is 6.00. The second kappa shape index (κ2) is 5.51. The van der Waals surface area contributed by atoms with Crippen molar-refractivity contribution < 1.29 is 14.7 Å². The molecule has 1 N–H and O–H groups in total. The van der Waals surface area contributed by atoms with E-state index in [4.69, 9.17) is 0 Å². The molecule has 0 fully saturated rings.